The van der Waals surface area contributed by atoms with Crippen LogP contribution in [0.2, 0.25) is 0 Å². The molecule has 1 aromatic carbocycles. The summed E-state index contributed by atoms with van der Waals surface area (Å²) < 4.78 is 37.6. The number of nitrogens with zero attached hydrogens (tertiary/aromatic N) is 2. The Morgan fingerprint density at radius 1 is 1.12 bits per heavy atom. The topological polar surface area (TPSA) is 66.9 Å². The van der Waals surface area contributed by atoms with Gasteiger partial charge in [-0.2, -0.15) is 13.2 Å². The highest BCUT2D eigenvalue weighted by atomic mass is 32.1. The molecule has 2 heterocycles. The molecule has 0 radical (unpaired) electrons. The summed E-state index contributed by atoms with van der Waals surface area (Å²) in [6, 6.07) is 10.3. The van der Waals surface area contributed by atoms with E-state index in [-0.39, 0.29) is 11.0 Å². The number of alkyl halides is 3. The van der Waals surface area contributed by atoms with Gasteiger partial charge in [-0.05, 0) is 29.8 Å². The van der Waals surface area contributed by atoms with E-state index in [4.69, 9.17) is 0 Å². The Bertz CT molecular complexity index is 879. The summed E-state index contributed by atoms with van der Waals surface area (Å²) in [6.07, 6.45) is -0.522. The minimum atomic E-state index is -4.38. The van der Waals surface area contributed by atoms with Crippen molar-refractivity contribution >= 4 is 28.1 Å². The van der Waals surface area contributed by atoms with Crippen LogP contribution in [0.25, 0.3) is 0 Å². The molecule has 0 aliphatic carbocycles. The predicted molar refractivity (Wildman–Crippen MR) is 93.1 cm³/mol. The van der Waals surface area contributed by atoms with Crippen LogP contribution in [0.4, 0.5) is 24.0 Å². The number of hydrogen-bond donors (Lipinski definition) is 2. The van der Waals surface area contributed by atoms with Gasteiger partial charge < -0.3 is 10.6 Å². The SMILES string of the molecule is O=C(Nc1ccc(CNc2ncc(C(F)(F)F)s2)cc1)c1cccnc1. The van der Waals surface area contributed by atoms with Crippen molar-refractivity contribution in [1.29, 1.82) is 0 Å². The van der Waals surface area contributed by atoms with Gasteiger partial charge in [0.2, 0.25) is 0 Å². The number of benzene rings is 1. The predicted octanol–water partition coefficient (Wildman–Crippen LogP) is 4.42. The Balaban J connectivity index is 1.56. The summed E-state index contributed by atoms with van der Waals surface area (Å²) in [4.78, 5) is 18.9. The molecule has 134 valence electrons. The van der Waals surface area contributed by atoms with Crippen molar-refractivity contribution in [1.82, 2.24) is 9.97 Å². The number of amides is 1. The lowest BCUT2D eigenvalue weighted by atomic mass is 10.2. The maximum absolute atomic E-state index is 12.5. The summed E-state index contributed by atoms with van der Waals surface area (Å²) in [5.74, 6) is -0.272. The molecule has 0 aliphatic heterocycles. The molecule has 3 rings (SSSR count). The molecule has 0 fully saturated rings. The molecule has 0 unspecified atom stereocenters. The zero-order valence-corrected chi connectivity index (χ0v) is 14.1. The molecule has 0 spiro atoms. The fourth-order valence-corrected chi connectivity index (χ4v) is 2.75. The molecule has 0 atom stereocenters. The van der Waals surface area contributed by atoms with Crippen molar-refractivity contribution < 1.29 is 18.0 Å². The van der Waals surface area contributed by atoms with Gasteiger partial charge >= 0.3 is 6.18 Å². The summed E-state index contributed by atoms with van der Waals surface area (Å²) in [5, 5.41) is 5.80. The molecule has 0 bridgehead atoms. The van der Waals surface area contributed by atoms with Crippen LogP contribution in [0.3, 0.4) is 0 Å². The van der Waals surface area contributed by atoms with E-state index in [9.17, 15) is 18.0 Å². The minimum absolute atomic E-state index is 0.200. The van der Waals surface area contributed by atoms with E-state index < -0.39 is 11.1 Å². The van der Waals surface area contributed by atoms with E-state index in [0.29, 0.717) is 29.1 Å². The second kappa shape index (κ2) is 7.52. The Kier molecular flexibility index (Phi) is 5.17. The third kappa shape index (κ3) is 4.57. The fraction of sp³-hybridized carbons (Fsp3) is 0.118. The quantitative estimate of drug-likeness (QED) is 0.690. The number of halogens is 3. The molecule has 0 saturated carbocycles. The number of carbonyl (C=O) groups excluding carboxylic acids is 1. The molecule has 2 N–H and O–H groups in total. The first kappa shape index (κ1) is 17.9. The Morgan fingerprint density at radius 2 is 1.88 bits per heavy atom. The molecule has 0 saturated heterocycles. The number of aromatic nitrogens is 2. The lowest BCUT2D eigenvalue weighted by Crippen LogP contribution is -2.12. The first-order valence-corrected chi connectivity index (χ1v) is 8.31. The number of anilines is 2. The highest BCUT2D eigenvalue weighted by Crippen LogP contribution is 2.35. The average Bonchev–Trinajstić information content (AvgIpc) is 3.11. The van der Waals surface area contributed by atoms with Crippen LogP contribution >= 0.6 is 11.3 Å². The maximum Gasteiger partial charge on any atom is 0.427 e. The monoisotopic (exact) mass is 378 g/mol. The van der Waals surface area contributed by atoms with Crippen molar-refractivity contribution in [2.75, 3.05) is 10.6 Å². The molecule has 2 aromatic heterocycles. The number of thiazole rings is 1. The number of rotatable bonds is 5. The smallest absolute Gasteiger partial charge is 0.357 e. The lowest BCUT2D eigenvalue weighted by Gasteiger charge is -2.07. The van der Waals surface area contributed by atoms with Crippen LogP contribution < -0.4 is 10.6 Å². The van der Waals surface area contributed by atoms with E-state index in [2.05, 4.69) is 20.6 Å². The van der Waals surface area contributed by atoms with Gasteiger partial charge in [0.1, 0.15) is 4.88 Å². The van der Waals surface area contributed by atoms with Crippen LogP contribution in [0.15, 0.2) is 55.0 Å². The Morgan fingerprint density at radius 3 is 2.50 bits per heavy atom. The van der Waals surface area contributed by atoms with Crippen molar-refractivity contribution in [3.05, 3.63) is 71.0 Å². The molecule has 1 amide bonds. The van der Waals surface area contributed by atoms with Crippen LogP contribution in [0, 0.1) is 0 Å². The summed E-state index contributed by atoms with van der Waals surface area (Å²) in [7, 11) is 0. The minimum Gasteiger partial charge on any atom is -0.357 e. The van der Waals surface area contributed by atoms with Crippen LogP contribution in [0.5, 0.6) is 0 Å². The zero-order valence-electron chi connectivity index (χ0n) is 13.2. The molecule has 5 nitrogen and oxygen atoms in total. The molecule has 0 aliphatic rings. The summed E-state index contributed by atoms with van der Waals surface area (Å²) in [6.45, 7) is 0.321. The van der Waals surface area contributed by atoms with Gasteiger partial charge in [0.05, 0.1) is 11.8 Å². The summed E-state index contributed by atoms with van der Waals surface area (Å²) in [5.41, 5.74) is 1.90. The average molecular weight is 378 g/mol. The van der Waals surface area contributed by atoms with Gasteiger partial charge in [-0.15, -0.1) is 0 Å². The molecule has 26 heavy (non-hydrogen) atoms. The molecular formula is C17H13F3N4OS. The van der Waals surface area contributed by atoms with E-state index >= 15 is 0 Å². The fourth-order valence-electron chi connectivity index (χ4n) is 2.07. The van der Waals surface area contributed by atoms with Crippen LogP contribution in [-0.2, 0) is 12.7 Å². The van der Waals surface area contributed by atoms with Gasteiger partial charge in [-0.25, -0.2) is 4.98 Å². The highest BCUT2D eigenvalue weighted by molar-refractivity contribution is 7.15. The second-order valence-electron chi connectivity index (χ2n) is 5.27. The van der Waals surface area contributed by atoms with Gasteiger partial charge in [0, 0.05) is 24.6 Å². The molecule has 9 heteroatoms. The van der Waals surface area contributed by atoms with E-state index in [0.717, 1.165) is 11.8 Å². The van der Waals surface area contributed by atoms with E-state index in [1.165, 1.54) is 6.20 Å². The second-order valence-corrected chi connectivity index (χ2v) is 6.30. The van der Waals surface area contributed by atoms with Gasteiger partial charge in [-0.3, -0.25) is 9.78 Å². The third-order valence-corrected chi connectivity index (χ3v) is 4.36. The first-order valence-electron chi connectivity index (χ1n) is 7.49. The largest absolute Gasteiger partial charge is 0.427 e. The number of hydrogen-bond acceptors (Lipinski definition) is 5. The van der Waals surface area contributed by atoms with Crippen LogP contribution in [0.1, 0.15) is 20.8 Å². The standard InChI is InChI=1S/C17H13F3N4OS/c18-17(19,20)14-10-23-16(26-14)22-8-11-3-5-13(6-4-11)24-15(25)12-2-1-7-21-9-12/h1-7,9-10H,8H2,(H,22,23)(H,24,25). The third-order valence-electron chi connectivity index (χ3n) is 3.36. The van der Waals surface area contributed by atoms with Crippen molar-refractivity contribution in [2.24, 2.45) is 0 Å². The van der Waals surface area contributed by atoms with Crippen LogP contribution in [-0.4, -0.2) is 15.9 Å². The zero-order chi connectivity index (χ0) is 18.6. The molecule has 3 aromatic rings. The first-order chi connectivity index (χ1) is 12.4. The highest BCUT2D eigenvalue weighted by Gasteiger charge is 2.33. The van der Waals surface area contributed by atoms with E-state index in [1.54, 1.807) is 42.6 Å². The number of nitrogens with one attached hydrogen (secondary N) is 2. The van der Waals surface area contributed by atoms with E-state index in [1.807, 2.05) is 0 Å². The maximum atomic E-state index is 12.5. The van der Waals surface area contributed by atoms with Crippen molar-refractivity contribution in [3.63, 3.8) is 0 Å². The van der Waals surface area contributed by atoms with Crippen molar-refractivity contribution in [3.8, 4) is 0 Å². The normalized spacial score (nSPS) is 11.2. The van der Waals surface area contributed by atoms with Crippen molar-refractivity contribution in [2.45, 2.75) is 12.7 Å². The molecular weight excluding hydrogens is 365 g/mol. The summed E-state index contributed by atoms with van der Waals surface area (Å²) >= 11 is 0.558. The van der Waals surface area contributed by atoms with Gasteiger partial charge in [0.25, 0.3) is 5.91 Å². The lowest BCUT2D eigenvalue weighted by molar-refractivity contribution is -0.134. The number of carbonyl (C=O) groups is 1. The van der Waals surface area contributed by atoms with Gasteiger partial charge in [0.15, 0.2) is 5.13 Å². The number of pyridine rings is 1. The Hall–Kier alpha value is -2.94. The Labute approximate surface area is 150 Å². The van der Waals surface area contributed by atoms with Gasteiger partial charge in [-0.1, -0.05) is 23.5 Å².